The van der Waals surface area contributed by atoms with Gasteiger partial charge in [0.05, 0.1) is 0 Å². The fraction of sp³-hybridized carbons (Fsp3) is 0.571. The summed E-state index contributed by atoms with van der Waals surface area (Å²) < 4.78 is 0. The maximum absolute atomic E-state index is 9.03. The van der Waals surface area contributed by atoms with E-state index < -0.39 is 0 Å². The van der Waals surface area contributed by atoms with Gasteiger partial charge >= 0.3 is 0 Å². The van der Waals surface area contributed by atoms with Crippen molar-refractivity contribution >= 4 is 0 Å². The Hall–Kier alpha value is -0.900. The van der Waals surface area contributed by atoms with Crippen molar-refractivity contribution in [3.8, 4) is 0 Å². The molecule has 3 nitrogen and oxygen atoms in total. The molecule has 0 saturated carbocycles. The second-order valence-corrected chi connectivity index (χ2v) is 4.74. The van der Waals surface area contributed by atoms with E-state index in [1.54, 1.807) is 0 Å². The second-order valence-electron chi connectivity index (χ2n) is 4.74. The number of nitrogens with one attached hydrogen (secondary N) is 1. The van der Waals surface area contributed by atoms with Crippen LogP contribution in [0, 0.1) is 0 Å². The molecule has 0 amide bonds. The van der Waals surface area contributed by atoms with Crippen LogP contribution in [0.1, 0.15) is 18.4 Å². The highest BCUT2D eigenvalue weighted by atomic mass is 16.3. The van der Waals surface area contributed by atoms with E-state index in [0.717, 1.165) is 32.6 Å². The molecule has 1 saturated heterocycles. The highest BCUT2D eigenvalue weighted by Crippen LogP contribution is 2.09. The summed E-state index contributed by atoms with van der Waals surface area (Å²) in [7, 11) is 0. The number of rotatable bonds is 4. The zero-order valence-electron chi connectivity index (χ0n) is 10.3. The van der Waals surface area contributed by atoms with Gasteiger partial charge in [0.15, 0.2) is 0 Å². The summed E-state index contributed by atoms with van der Waals surface area (Å²) in [5, 5.41) is 12.5. The number of aliphatic hydroxyl groups is 1. The molecule has 2 rings (SSSR count). The van der Waals surface area contributed by atoms with Gasteiger partial charge in [-0.2, -0.15) is 0 Å². The number of aliphatic hydroxyl groups excluding tert-OH is 1. The number of hydrogen-bond donors (Lipinski definition) is 2. The van der Waals surface area contributed by atoms with Gasteiger partial charge in [-0.15, -0.1) is 0 Å². The van der Waals surface area contributed by atoms with Crippen molar-refractivity contribution in [2.75, 3.05) is 26.2 Å². The summed E-state index contributed by atoms with van der Waals surface area (Å²) in [4.78, 5) is 2.48. The van der Waals surface area contributed by atoms with Gasteiger partial charge in [0.2, 0.25) is 0 Å². The van der Waals surface area contributed by atoms with Crippen LogP contribution in [-0.4, -0.2) is 42.3 Å². The molecule has 1 atom stereocenters. The van der Waals surface area contributed by atoms with Crippen molar-refractivity contribution in [1.29, 1.82) is 0 Å². The van der Waals surface area contributed by atoms with Crippen LogP contribution in [-0.2, 0) is 6.54 Å². The molecule has 0 radical (unpaired) electrons. The molecular weight excluding hydrogens is 212 g/mol. The van der Waals surface area contributed by atoms with E-state index in [2.05, 4.69) is 40.5 Å². The van der Waals surface area contributed by atoms with Crippen molar-refractivity contribution in [1.82, 2.24) is 10.2 Å². The lowest BCUT2D eigenvalue weighted by atomic mass is 10.1. The minimum absolute atomic E-state index is 0.275. The summed E-state index contributed by atoms with van der Waals surface area (Å²) >= 11 is 0. The Labute approximate surface area is 103 Å². The molecule has 2 N–H and O–H groups in total. The largest absolute Gasteiger partial charge is 0.396 e. The highest BCUT2D eigenvalue weighted by molar-refractivity contribution is 5.14. The van der Waals surface area contributed by atoms with Gasteiger partial charge in [-0.05, 0) is 31.5 Å². The smallest absolute Gasteiger partial charge is 0.0446 e. The zero-order chi connectivity index (χ0) is 11.9. The van der Waals surface area contributed by atoms with Crippen molar-refractivity contribution < 1.29 is 5.11 Å². The molecule has 1 aromatic rings. The van der Waals surface area contributed by atoms with Gasteiger partial charge in [0, 0.05) is 25.7 Å². The first-order valence-corrected chi connectivity index (χ1v) is 6.49. The summed E-state index contributed by atoms with van der Waals surface area (Å²) in [5.41, 5.74) is 1.37. The van der Waals surface area contributed by atoms with Gasteiger partial charge < -0.3 is 10.4 Å². The summed E-state index contributed by atoms with van der Waals surface area (Å²) in [5.74, 6) is 0. The average molecular weight is 234 g/mol. The monoisotopic (exact) mass is 234 g/mol. The summed E-state index contributed by atoms with van der Waals surface area (Å²) in [6.07, 6.45) is 2.04. The van der Waals surface area contributed by atoms with Crippen LogP contribution >= 0.6 is 0 Å². The zero-order valence-corrected chi connectivity index (χ0v) is 10.3. The van der Waals surface area contributed by atoms with Gasteiger partial charge in [-0.25, -0.2) is 0 Å². The molecule has 1 aromatic carbocycles. The second kappa shape index (κ2) is 6.74. The predicted octanol–water partition coefficient (Wildman–Crippen LogP) is 1.23. The topological polar surface area (TPSA) is 35.5 Å². The molecule has 1 aliphatic rings. The fourth-order valence-electron chi connectivity index (χ4n) is 2.41. The molecule has 0 aliphatic carbocycles. The van der Waals surface area contributed by atoms with E-state index >= 15 is 0 Å². The molecule has 1 heterocycles. The quantitative estimate of drug-likeness (QED) is 0.822. The van der Waals surface area contributed by atoms with E-state index in [-0.39, 0.29) is 6.61 Å². The lowest BCUT2D eigenvalue weighted by molar-refractivity contribution is 0.223. The van der Waals surface area contributed by atoms with Gasteiger partial charge in [-0.3, -0.25) is 4.90 Å². The number of nitrogens with zero attached hydrogens (tertiary/aromatic N) is 1. The Kier molecular flexibility index (Phi) is 4.98. The van der Waals surface area contributed by atoms with Gasteiger partial charge in [0.25, 0.3) is 0 Å². The molecule has 1 fully saturated rings. The Morgan fingerprint density at radius 1 is 1.29 bits per heavy atom. The van der Waals surface area contributed by atoms with Crippen molar-refractivity contribution in [3.05, 3.63) is 35.9 Å². The average Bonchev–Trinajstić information content (AvgIpc) is 2.56. The van der Waals surface area contributed by atoms with E-state index in [1.165, 1.54) is 12.0 Å². The molecule has 17 heavy (non-hydrogen) atoms. The van der Waals surface area contributed by atoms with E-state index in [0.29, 0.717) is 6.04 Å². The molecule has 3 heteroatoms. The number of hydrogen-bond acceptors (Lipinski definition) is 3. The highest BCUT2D eigenvalue weighted by Gasteiger charge is 2.16. The van der Waals surface area contributed by atoms with Crippen LogP contribution in [0.15, 0.2) is 30.3 Å². The molecule has 1 unspecified atom stereocenters. The SMILES string of the molecule is OCCC1CN(Cc2ccccc2)CCCN1. The Morgan fingerprint density at radius 2 is 2.12 bits per heavy atom. The van der Waals surface area contributed by atoms with E-state index in [9.17, 15) is 0 Å². The third-order valence-corrected chi connectivity index (χ3v) is 3.29. The number of benzene rings is 1. The first kappa shape index (κ1) is 12.6. The fourth-order valence-corrected chi connectivity index (χ4v) is 2.41. The van der Waals surface area contributed by atoms with E-state index in [1.807, 2.05) is 0 Å². The predicted molar refractivity (Wildman–Crippen MR) is 69.8 cm³/mol. The van der Waals surface area contributed by atoms with Crippen LogP contribution in [0.4, 0.5) is 0 Å². The van der Waals surface area contributed by atoms with Gasteiger partial charge in [0.1, 0.15) is 0 Å². The first-order chi connectivity index (χ1) is 8.38. The van der Waals surface area contributed by atoms with Crippen LogP contribution in [0.3, 0.4) is 0 Å². The molecule has 0 aromatic heterocycles. The third-order valence-electron chi connectivity index (χ3n) is 3.29. The minimum atomic E-state index is 0.275. The maximum Gasteiger partial charge on any atom is 0.0446 e. The Balaban J connectivity index is 1.90. The van der Waals surface area contributed by atoms with Crippen molar-refractivity contribution in [3.63, 3.8) is 0 Å². The Morgan fingerprint density at radius 3 is 2.88 bits per heavy atom. The summed E-state index contributed by atoms with van der Waals surface area (Å²) in [6.45, 7) is 4.54. The summed E-state index contributed by atoms with van der Waals surface area (Å²) in [6, 6.07) is 11.0. The van der Waals surface area contributed by atoms with Crippen LogP contribution in [0.5, 0.6) is 0 Å². The maximum atomic E-state index is 9.03. The third kappa shape index (κ3) is 4.11. The molecule has 94 valence electrons. The molecule has 0 spiro atoms. The molecule has 0 bridgehead atoms. The first-order valence-electron chi connectivity index (χ1n) is 6.49. The molecule has 1 aliphatic heterocycles. The minimum Gasteiger partial charge on any atom is -0.396 e. The Bertz CT molecular complexity index is 315. The van der Waals surface area contributed by atoms with Crippen LogP contribution < -0.4 is 5.32 Å². The normalized spacial score (nSPS) is 22.3. The lowest BCUT2D eigenvalue weighted by Gasteiger charge is -2.24. The van der Waals surface area contributed by atoms with Gasteiger partial charge in [-0.1, -0.05) is 30.3 Å². The van der Waals surface area contributed by atoms with Crippen LogP contribution in [0.2, 0.25) is 0 Å². The van der Waals surface area contributed by atoms with Crippen LogP contribution in [0.25, 0.3) is 0 Å². The molecular formula is C14H22N2O. The van der Waals surface area contributed by atoms with Crippen molar-refractivity contribution in [2.45, 2.75) is 25.4 Å². The van der Waals surface area contributed by atoms with E-state index in [4.69, 9.17) is 5.11 Å². The lowest BCUT2D eigenvalue weighted by Crippen LogP contribution is -2.38. The van der Waals surface area contributed by atoms with Crippen molar-refractivity contribution in [2.24, 2.45) is 0 Å². The standard InChI is InChI=1S/C14H22N2O/c17-10-7-14-12-16(9-4-8-15-14)11-13-5-2-1-3-6-13/h1-3,5-6,14-15,17H,4,7-12H2.